The maximum Gasteiger partial charge on any atom is 0.264 e. The quantitative estimate of drug-likeness (QED) is 0.241. The third-order valence-corrected chi connectivity index (χ3v) is 8.86. The minimum Gasteiger partial charge on any atom is -0.492 e. The summed E-state index contributed by atoms with van der Waals surface area (Å²) in [6, 6.07) is 16.9. The number of halogens is 2. The van der Waals surface area contributed by atoms with Gasteiger partial charge >= 0.3 is 0 Å². The summed E-state index contributed by atoms with van der Waals surface area (Å²) in [5, 5.41) is 3.62. The van der Waals surface area contributed by atoms with Crippen LogP contribution in [0, 0.1) is 6.92 Å². The van der Waals surface area contributed by atoms with Gasteiger partial charge < -0.3 is 15.0 Å². The third-order valence-electron chi connectivity index (χ3n) is 6.49. The predicted molar refractivity (Wildman–Crippen MR) is 168 cm³/mol. The zero-order chi connectivity index (χ0) is 31.0. The first-order valence-electron chi connectivity index (χ1n) is 13.7. The molecule has 0 aliphatic carbocycles. The van der Waals surface area contributed by atoms with Gasteiger partial charge in [0.25, 0.3) is 10.0 Å². The lowest BCUT2D eigenvalue weighted by Gasteiger charge is -2.34. The number of para-hydroxylation sites is 2. The number of rotatable bonds is 13. The lowest BCUT2D eigenvalue weighted by molar-refractivity contribution is -0.140. The molecule has 2 amide bonds. The first-order chi connectivity index (χ1) is 19.9. The van der Waals surface area contributed by atoms with E-state index in [1.807, 2.05) is 20.8 Å². The van der Waals surface area contributed by atoms with Crippen molar-refractivity contribution in [3.05, 3.63) is 87.9 Å². The molecule has 0 aromatic heterocycles. The molecule has 8 nitrogen and oxygen atoms in total. The van der Waals surface area contributed by atoms with Gasteiger partial charge in [-0.2, -0.15) is 0 Å². The molecule has 3 aromatic rings. The van der Waals surface area contributed by atoms with E-state index in [4.69, 9.17) is 27.9 Å². The molecular weight excluding hydrogens is 597 g/mol. The molecule has 226 valence electrons. The van der Waals surface area contributed by atoms with E-state index in [0.29, 0.717) is 21.4 Å². The van der Waals surface area contributed by atoms with Gasteiger partial charge in [0.15, 0.2) is 0 Å². The van der Waals surface area contributed by atoms with Crippen molar-refractivity contribution in [3.8, 4) is 5.75 Å². The molecule has 11 heteroatoms. The van der Waals surface area contributed by atoms with Crippen molar-refractivity contribution in [1.82, 2.24) is 10.2 Å². The molecule has 0 aliphatic rings. The number of carbonyl (C=O) groups excluding carboxylic acids is 2. The molecule has 3 rings (SSSR count). The number of carbonyl (C=O) groups is 2. The molecule has 0 fully saturated rings. The Bertz CT molecular complexity index is 1500. The Balaban J connectivity index is 2.14. The van der Waals surface area contributed by atoms with Crippen LogP contribution in [0.25, 0.3) is 0 Å². The molecule has 3 aromatic carbocycles. The van der Waals surface area contributed by atoms with E-state index in [9.17, 15) is 18.0 Å². The molecular formula is C31H37Cl2N3O5S. The van der Waals surface area contributed by atoms with Gasteiger partial charge in [0.1, 0.15) is 18.3 Å². The zero-order valence-electron chi connectivity index (χ0n) is 24.4. The minimum atomic E-state index is -4.24. The van der Waals surface area contributed by atoms with Gasteiger partial charge in [-0.05, 0) is 76.1 Å². The first-order valence-corrected chi connectivity index (χ1v) is 15.9. The average Bonchev–Trinajstić information content (AvgIpc) is 2.93. The van der Waals surface area contributed by atoms with Gasteiger partial charge in [-0.3, -0.25) is 13.9 Å². The van der Waals surface area contributed by atoms with Gasteiger partial charge in [0, 0.05) is 22.6 Å². The number of hydrogen-bond donors (Lipinski definition) is 1. The Labute approximate surface area is 258 Å². The maximum atomic E-state index is 14.2. The second-order valence-corrected chi connectivity index (χ2v) is 12.8. The average molecular weight is 635 g/mol. The van der Waals surface area contributed by atoms with Gasteiger partial charge in [-0.25, -0.2) is 8.42 Å². The molecule has 1 N–H and O–H groups in total. The van der Waals surface area contributed by atoms with Crippen LogP contribution in [-0.2, 0) is 26.2 Å². The molecule has 0 spiro atoms. The van der Waals surface area contributed by atoms with E-state index in [0.717, 1.165) is 9.87 Å². The summed E-state index contributed by atoms with van der Waals surface area (Å²) < 4.78 is 35.0. The van der Waals surface area contributed by atoms with E-state index in [2.05, 4.69) is 5.32 Å². The molecule has 42 heavy (non-hydrogen) atoms. The Morgan fingerprint density at radius 3 is 2.24 bits per heavy atom. The summed E-state index contributed by atoms with van der Waals surface area (Å²) in [6.07, 6.45) is 0.287. The highest BCUT2D eigenvalue weighted by Crippen LogP contribution is 2.33. The number of benzene rings is 3. The van der Waals surface area contributed by atoms with Crippen LogP contribution in [0.2, 0.25) is 10.0 Å². The Kier molecular flexibility index (Phi) is 11.7. The van der Waals surface area contributed by atoms with Gasteiger partial charge in [0.2, 0.25) is 11.8 Å². The van der Waals surface area contributed by atoms with Crippen molar-refractivity contribution in [3.63, 3.8) is 0 Å². The smallest absolute Gasteiger partial charge is 0.264 e. The second-order valence-electron chi connectivity index (χ2n) is 10.1. The molecule has 0 radical (unpaired) electrons. The summed E-state index contributed by atoms with van der Waals surface area (Å²) in [5.41, 5.74) is 1.66. The minimum absolute atomic E-state index is 0.0177. The third kappa shape index (κ3) is 8.18. The standard InChI is InChI=1S/C31H37Cl2N3O5S/c1-6-27(31(38)34-21(3)4)35(19-23-14-15-24(32)18-26(23)33)30(37)20-36(28-10-8-9-11-29(28)41-7-2)42(39,40)25-16-12-22(5)13-17-25/h8-18,21,27H,6-7,19-20H2,1-5H3,(H,34,38)/t27-/m1/s1. The number of nitrogens with zero attached hydrogens (tertiary/aromatic N) is 2. The highest BCUT2D eigenvalue weighted by Gasteiger charge is 2.35. The fourth-order valence-electron chi connectivity index (χ4n) is 4.43. The summed E-state index contributed by atoms with van der Waals surface area (Å²) in [4.78, 5) is 28.9. The van der Waals surface area contributed by atoms with Gasteiger partial charge in [-0.15, -0.1) is 0 Å². The van der Waals surface area contributed by atoms with E-state index in [1.165, 1.54) is 17.0 Å². The van der Waals surface area contributed by atoms with E-state index >= 15 is 0 Å². The van der Waals surface area contributed by atoms with Gasteiger partial charge in [0.05, 0.1) is 17.2 Å². The van der Waals surface area contributed by atoms with E-state index in [1.54, 1.807) is 68.4 Å². The van der Waals surface area contributed by atoms with E-state index < -0.39 is 28.5 Å². The number of sulfonamides is 1. The number of amides is 2. The molecule has 0 saturated heterocycles. The molecule has 0 unspecified atom stereocenters. The van der Waals surface area contributed by atoms with Crippen LogP contribution in [0.5, 0.6) is 5.75 Å². The van der Waals surface area contributed by atoms with Crippen LogP contribution in [0.4, 0.5) is 5.69 Å². The van der Waals surface area contributed by atoms with Crippen LogP contribution < -0.4 is 14.4 Å². The van der Waals surface area contributed by atoms with E-state index in [-0.39, 0.29) is 42.1 Å². The first kappa shape index (κ1) is 33.2. The molecule has 0 saturated carbocycles. The highest BCUT2D eigenvalue weighted by molar-refractivity contribution is 7.92. The largest absolute Gasteiger partial charge is 0.492 e. The van der Waals surface area contributed by atoms with Crippen LogP contribution in [-0.4, -0.2) is 50.4 Å². The van der Waals surface area contributed by atoms with Crippen molar-refractivity contribution < 1.29 is 22.7 Å². The monoisotopic (exact) mass is 633 g/mol. The SMILES string of the molecule is CCOc1ccccc1N(CC(=O)N(Cc1ccc(Cl)cc1Cl)[C@H](CC)C(=O)NC(C)C)S(=O)(=O)c1ccc(C)cc1. The fraction of sp³-hybridized carbons (Fsp3) is 0.355. The Morgan fingerprint density at radius 1 is 0.976 bits per heavy atom. The zero-order valence-corrected chi connectivity index (χ0v) is 26.8. The fourth-order valence-corrected chi connectivity index (χ4v) is 6.32. The summed E-state index contributed by atoms with van der Waals surface area (Å²) >= 11 is 12.6. The van der Waals surface area contributed by atoms with Crippen LogP contribution >= 0.6 is 23.2 Å². The van der Waals surface area contributed by atoms with Crippen molar-refractivity contribution >= 4 is 50.7 Å². The van der Waals surface area contributed by atoms with Crippen molar-refractivity contribution in [2.24, 2.45) is 0 Å². The lowest BCUT2D eigenvalue weighted by atomic mass is 10.1. The normalized spacial score (nSPS) is 12.1. The predicted octanol–water partition coefficient (Wildman–Crippen LogP) is 6.23. The molecule has 1 atom stereocenters. The van der Waals surface area contributed by atoms with Gasteiger partial charge in [-0.1, -0.05) is 66.0 Å². The van der Waals surface area contributed by atoms with Crippen molar-refractivity contribution in [2.45, 2.75) is 64.6 Å². The summed E-state index contributed by atoms with van der Waals surface area (Å²) in [5.74, 6) is -0.636. The highest BCUT2D eigenvalue weighted by atomic mass is 35.5. The van der Waals surface area contributed by atoms with Crippen molar-refractivity contribution in [1.29, 1.82) is 0 Å². The number of aryl methyl sites for hydroxylation is 1. The molecule has 0 bridgehead atoms. The number of nitrogens with one attached hydrogen (secondary N) is 1. The summed E-state index contributed by atoms with van der Waals surface area (Å²) in [7, 11) is -4.24. The lowest BCUT2D eigenvalue weighted by Crippen LogP contribution is -2.53. The van der Waals surface area contributed by atoms with Crippen LogP contribution in [0.15, 0.2) is 71.6 Å². The van der Waals surface area contributed by atoms with Crippen molar-refractivity contribution in [2.75, 3.05) is 17.5 Å². The maximum absolute atomic E-state index is 14.2. The molecule has 0 aliphatic heterocycles. The topological polar surface area (TPSA) is 96.0 Å². The Morgan fingerprint density at radius 2 is 1.64 bits per heavy atom. The number of anilines is 1. The summed E-state index contributed by atoms with van der Waals surface area (Å²) in [6.45, 7) is 8.76. The second kappa shape index (κ2) is 14.8. The molecule has 0 heterocycles. The number of ether oxygens (including phenoxy) is 1. The van der Waals surface area contributed by atoms with Crippen LogP contribution in [0.3, 0.4) is 0 Å². The number of hydrogen-bond acceptors (Lipinski definition) is 5. The van der Waals surface area contributed by atoms with Crippen LogP contribution in [0.1, 0.15) is 45.2 Å². The Hall–Kier alpha value is -3.27.